The van der Waals surface area contributed by atoms with E-state index in [-0.39, 0.29) is 0 Å². The van der Waals surface area contributed by atoms with Gasteiger partial charge in [-0.1, -0.05) is 38.7 Å². The van der Waals surface area contributed by atoms with Crippen LogP contribution >= 0.6 is 11.3 Å². The fourth-order valence-electron chi connectivity index (χ4n) is 3.56. The van der Waals surface area contributed by atoms with Crippen LogP contribution in [0, 0.1) is 5.41 Å². The molecular formula is C17H30N2S. The van der Waals surface area contributed by atoms with Gasteiger partial charge in [0.25, 0.3) is 0 Å². The van der Waals surface area contributed by atoms with Crippen molar-refractivity contribution in [2.75, 3.05) is 26.7 Å². The third kappa shape index (κ3) is 4.87. The van der Waals surface area contributed by atoms with Crippen LogP contribution in [0.3, 0.4) is 0 Å². The van der Waals surface area contributed by atoms with E-state index >= 15 is 0 Å². The number of hydrogen-bond acceptors (Lipinski definition) is 3. The predicted molar refractivity (Wildman–Crippen MR) is 89.3 cm³/mol. The van der Waals surface area contributed by atoms with Crippen molar-refractivity contribution in [1.82, 2.24) is 10.2 Å². The van der Waals surface area contributed by atoms with E-state index in [1.165, 1.54) is 56.5 Å². The summed E-state index contributed by atoms with van der Waals surface area (Å²) in [5, 5.41) is 5.81. The summed E-state index contributed by atoms with van der Waals surface area (Å²) in [6.07, 6.45) is 8.49. The summed E-state index contributed by atoms with van der Waals surface area (Å²) < 4.78 is 0. The first-order chi connectivity index (χ1) is 9.74. The molecule has 1 N–H and O–H groups in total. The van der Waals surface area contributed by atoms with E-state index in [4.69, 9.17) is 0 Å². The van der Waals surface area contributed by atoms with Crippen LogP contribution in [-0.4, -0.2) is 31.6 Å². The summed E-state index contributed by atoms with van der Waals surface area (Å²) in [5.41, 5.74) is 0.499. The Bertz CT molecular complexity index is 353. The van der Waals surface area contributed by atoms with Gasteiger partial charge < -0.3 is 10.2 Å². The Balaban J connectivity index is 1.94. The maximum Gasteiger partial charge on any atom is 0.0325 e. The lowest BCUT2D eigenvalue weighted by Gasteiger charge is -2.37. The molecule has 20 heavy (non-hydrogen) atoms. The van der Waals surface area contributed by atoms with E-state index in [9.17, 15) is 0 Å². The van der Waals surface area contributed by atoms with Gasteiger partial charge in [-0.05, 0) is 43.3 Å². The predicted octanol–water partition coefficient (Wildman–Crippen LogP) is 4.13. The van der Waals surface area contributed by atoms with Gasteiger partial charge in [-0.2, -0.15) is 0 Å². The van der Waals surface area contributed by atoms with Crippen molar-refractivity contribution < 1.29 is 0 Å². The minimum atomic E-state index is 0.499. The monoisotopic (exact) mass is 294 g/mol. The molecule has 0 aromatic carbocycles. The molecule has 1 aromatic heterocycles. The third-order valence-electron chi connectivity index (χ3n) is 4.53. The number of nitrogens with one attached hydrogen (secondary N) is 1. The first-order valence-electron chi connectivity index (χ1n) is 8.16. The maximum atomic E-state index is 3.63. The highest BCUT2D eigenvalue weighted by atomic mass is 32.1. The van der Waals surface area contributed by atoms with Gasteiger partial charge in [0.05, 0.1) is 0 Å². The van der Waals surface area contributed by atoms with Crippen LogP contribution in [0.15, 0.2) is 17.5 Å². The molecule has 0 atom stereocenters. The van der Waals surface area contributed by atoms with E-state index in [0.29, 0.717) is 5.41 Å². The van der Waals surface area contributed by atoms with Crippen molar-refractivity contribution in [3.05, 3.63) is 22.4 Å². The Hall–Kier alpha value is -0.380. The van der Waals surface area contributed by atoms with Crippen LogP contribution in [0.1, 0.15) is 50.3 Å². The maximum absolute atomic E-state index is 3.63. The van der Waals surface area contributed by atoms with Gasteiger partial charge in [0.15, 0.2) is 0 Å². The zero-order valence-electron chi connectivity index (χ0n) is 13.2. The number of hydrogen-bond donors (Lipinski definition) is 1. The highest BCUT2D eigenvalue weighted by Gasteiger charge is 2.31. The van der Waals surface area contributed by atoms with Crippen LogP contribution in [0.25, 0.3) is 0 Å². The molecule has 0 bridgehead atoms. The molecule has 1 aliphatic rings. The molecule has 1 heterocycles. The molecule has 0 spiro atoms. The summed E-state index contributed by atoms with van der Waals surface area (Å²) in [4.78, 5) is 4.02. The lowest BCUT2D eigenvalue weighted by molar-refractivity contribution is 0.143. The molecule has 1 saturated carbocycles. The molecule has 1 aliphatic carbocycles. The SMILES string of the molecule is CCNCC1(CN(C)Cc2cccs2)CCCCCC1. The highest BCUT2D eigenvalue weighted by Crippen LogP contribution is 2.35. The average Bonchev–Trinajstić information content (AvgIpc) is 2.82. The second kappa shape index (κ2) is 8.16. The van der Waals surface area contributed by atoms with Gasteiger partial charge in [0.2, 0.25) is 0 Å². The fourth-order valence-corrected chi connectivity index (χ4v) is 4.34. The molecule has 1 aromatic rings. The van der Waals surface area contributed by atoms with Crippen molar-refractivity contribution in [3.63, 3.8) is 0 Å². The molecule has 3 heteroatoms. The molecule has 2 rings (SSSR count). The summed E-state index contributed by atoms with van der Waals surface area (Å²) in [6.45, 7) is 6.85. The Morgan fingerprint density at radius 3 is 2.60 bits per heavy atom. The number of nitrogens with zero attached hydrogens (tertiary/aromatic N) is 1. The van der Waals surface area contributed by atoms with Gasteiger partial charge in [-0.3, -0.25) is 0 Å². The first kappa shape index (κ1) is 16.0. The second-order valence-corrected chi connectivity index (χ2v) is 7.48. The molecular weight excluding hydrogens is 264 g/mol. The largest absolute Gasteiger partial charge is 0.316 e. The van der Waals surface area contributed by atoms with E-state index < -0.39 is 0 Å². The summed E-state index contributed by atoms with van der Waals surface area (Å²) in [7, 11) is 2.29. The van der Waals surface area contributed by atoms with Gasteiger partial charge in [-0.25, -0.2) is 0 Å². The Kier molecular flexibility index (Phi) is 6.53. The minimum absolute atomic E-state index is 0.499. The molecule has 0 unspecified atom stereocenters. The first-order valence-corrected chi connectivity index (χ1v) is 9.04. The average molecular weight is 295 g/mol. The Morgan fingerprint density at radius 2 is 2.00 bits per heavy atom. The van der Waals surface area contributed by atoms with Gasteiger partial charge in [-0.15, -0.1) is 11.3 Å². The molecule has 2 nitrogen and oxygen atoms in total. The molecule has 0 amide bonds. The quantitative estimate of drug-likeness (QED) is 0.761. The Labute approximate surface area is 128 Å². The lowest BCUT2D eigenvalue weighted by Crippen LogP contribution is -2.42. The molecule has 114 valence electrons. The second-order valence-electron chi connectivity index (χ2n) is 6.45. The van der Waals surface area contributed by atoms with Gasteiger partial charge in [0.1, 0.15) is 0 Å². The lowest BCUT2D eigenvalue weighted by atomic mass is 9.79. The summed E-state index contributed by atoms with van der Waals surface area (Å²) in [6, 6.07) is 4.42. The topological polar surface area (TPSA) is 15.3 Å². The smallest absolute Gasteiger partial charge is 0.0325 e. The Morgan fingerprint density at radius 1 is 1.25 bits per heavy atom. The van der Waals surface area contributed by atoms with Crippen molar-refractivity contribution in [2.24, 2.45) is 5.41 Å². The molecule has 0 aliphatic heterocycles. The minimum Gasteiger partial charge on any atom is -0.316 e. The summed E-state index contributed by atoms with van der Waals surface area (Å²) >= 11 is 1.88. The van der Waals surface area contributed by atoms with Crippen LogP contribution in [0.4, 0.5) is 0 Å². The zero-order valence-corrected chi connectivity index (χ0v) is 14.0. The van der Waals surface area contributed by atoms with Crippen molar-refractivity contribution >= 4 is 11.3 Å². The van der Waals surface area contributed by atoms with E-state index in [0.717, 1.165) is 13.1 Å². The fraction of sp³-hybridized carbons (Fsp3) is 0.765. The molecule has 1 fully saturated rings. The third-order valence-corrected chi connectivity index (χ3v) is 5.39. The van der Waals surface area contributed by atoms with E-state index in [1.807, 2.05) is 11.3 Å². The summed E-state index contributed by atoms with van der Waals surface area (Å²) in [5.74, 6) is 0. The molecule has 0 radical (unpaired) electrons. The number of rotatable bonds is 7. The van der Waals surface area contributed by atoms with E-state index in [2.05, 4.69) is 41.7 Å². The highest BCUT2D eigenvalue weighted by molar-refractivity contribution is 7.09. The molecule has 0 saturated heterocycles. The van der Waals surface area contributed by atoms with Crippen LogP contribution in [0.2, 0.25) is 0 Å². The van der Waals surface area contributed by atoms with Crippen molar-refractivity contribution in [2.45, 2.75) is 52.0 Å². The zero-order chi connectivity index (χ0) is 14.3. The van der Waals surface area contributed by atoms with Crippen LogP contribution < -0.4 is 5.32 Å². The normalized spacial score (nSPS) is 19.1. The van der Waals surface area contributed by atoms with E-state index in [1.54, 1.807) is 0 Å². The van der Waals surface area contributed by atoms with Crippen LogP contribution in [0.5, 0.6) is 0 Å². The standard InChI is InChI=1S/C17H30N2S/c1-3-18-14-17(10-6-4-5-7-11-17)15-19(2)13-16-9-8-12-20-16/h8-9,12,18H,3-7,10-11,13-15H2,1-2H3. The van der Waals surface area contributed by atoms with Gasteiger partial charge in [0, 0.05) is 24.5 Å². The van der Waals surface area contributed by atoms with Gasteiger partial charge >= 0.3 is 0 Å². The number of thiophene rings is 1. The van der Waals surface area contributed by atoms with Crippen molar-refractivity contribution in [1.29, 1.82) is 0 Å². The van der Waals surface area contributed by atoms with Crippen LogP contribution in [-0.2, 0) is 6.54 Å². The van der Waals surface area contributed by atoms with Crippen molar-refractivity contribution in [3.8, 4) is 0 Å².